The summed E-state index contributed by atoms with van der Waals surface area (Å²) in [4.78, 5) is 89.6. The summed E-state index contributed by atoms with van der Waals surface area (Å²) < 4.78 is 6.17. The molecule has 1 saturated carbocycles. The topological polar surface area (TPSA) is 239 Å². The molecule has 3 aromatic carbocycles. The Morgan fingerprint density at radius 3 is 2.38 bits per heavy atom. The highest BCUT2D eigenvalue weighted by atomic mass is 35.5. The summed E-state index contributed by atoms with van der Waals surface area (Å²) in [6.07, 6.45) is 3.11. The number of ether oxygens (including phenoxy) is 1. The number of halogens is 2. The fourth-order valence-electron chi connectivity index (χ4n) is 9.97. The highest BCUT2D eigenvalue weighted by Crippen LogP contribution is 2.47. The van der Waals surface area contributed by atoms with E-state index in [1.54, 1.807) is 23.5 Å². The summed E-state index contributed by atoms with van der Waals surface area (Å²) in [5.74, 6) is -2.05. The summed E-state index contributed by atoms with van der Waals surface area (Å²) in [6, 6.07) is 15.1. The Labute approximate surface area is 429 Å². The number of nitrogens with two attached hydrogens (primary N) is 2. The number of aryl methyl sites for hydroxylation is 3. The highest BCUT2D eigenvalue weighted by Gasteiger charge is 2.50. The summed E-state index contributed by atoms with van der Waals surface area (Å²) in [6.45, 7) is 7.43. The third kappa shape index (κ3) is 11.9. The van der Waals surface area contributed by atoms with E-state index in [-0.39, 0.29) is 69.0 Å². The smallest absolute Gasteiger partial charge is 0.246 e. The van der Waals surface area contributed by atoms with Gasteiger partial charge >= 0.3 is 0 Å². The van der Waals surface area contributed by atoms with Crippen molar-refractivity contribution < 1.29 is 38.6 Å². The zero-order valence-electron chi connectivity index (χ0n) is 40.5. The maximum atomic E-state index is 14.3. The molecule has 1 aliphatic carbocycles. The van der Waals surface area contributed by atoms with Gasteiger partial charge in [0, 0.05) is 32.2 Å². The van der Waals surface area contributed by atoms with Gasteiger partial charge in [-0.3, -0.25) is 33.7 Å². The Bertz CT molecular complexity index is 2650. The zero-order valence-corrected chi connectivity index (χ0v) is 42.9. The molecule has 0 spiro atoms. The van der Waals surface area contributed by atoms with Crippen LogP contribution < -0.4 is 37.1 Å². The number of carbonyl (C=O) groups is 6. The van der Waals surface area contributed by atoms with Gasteiger partial charge in [0.2, 0.25) is 35.4 Å². The van der Waals surface area contributed by atoms with Gasteiger partial charge in [-0.2, -0.15) is 0 Å². The molecule has 16 nitrogen and oxygen atoms in total. The molecule has 71 heavy (non-hydrogen) atoms. The summed E-state index contributed by atoms with van der Waals surface area (Å²) in [5.41, 5.74) is 18.6. The molecular weight excluding hydrogens is 968 g/mol. The number of anilines is 1. The molecule has 1 unspecified atom stereocenters. The minimum Gasteiger partial charge on any atom is -0.490 e. The molecule has 8 rings (SSSR count). The summed E-state index contributed by atoms with van der Waals surface area (Å²) in [7, 11) is 0. The van der Waals surface area contributed by atoms with Gasteiger partial charge < -0.3 is 42.2 Å². The molecule has 1 aromatic heterocycles. The number of hydrogen-bond acceptors (Lipinski definition) is 11. The largest absolute Gasteiger partial charge is 0.490 e. The molecule has 2 fully saturated rings. The number of benzene rings is 3. The van der Waals surface area contributed by atoms with Crippen LogP contribution in [0.5, 0.6) is 5.75 Å². The van der Waals surface area contributed by atoms with Gasteiger partial charge in [0.15, 0.2) is 0 Å². The third-order valence-corrected chi connectivity index (χ3v) is 15.4. The minimum absolute atomic E-state index is 0. The lowest BCUT2D eigenvalue weighted by Gasteiger charge is -2.35. The second-order valence-corrected chi connectivity index (χ2v) is 21.5. The molecule has 6 atom stereocenters. The fourth-order valence-corrected chi connectivity index (χ4v) is 11.1. The molecule has 19 heteroatoms. The Kier molecular flexibility index (Phi) is 16.5. The maximum Gasteiger partial charge on any atom is 0.246 e. The van der Waals surface area contributed by atoms with E-state index in [1.807, 2.05) is 81.7 Å². The van der Waals surface area contributed by atoms with Gasteiger partial charge in [0.1, 0.15) is 30.5 Å². The number of nitrogens with one attached hydrogen (secondary N) is 3. The highest BCUT2D eigenvalue weighted by molar-refractivity contribution is 7.13. The van der Waals surface area contributed by atoms with Gasteiger partial charge in [0.05, 0.1) is 50.5 Å². The lowest BCUT2D eigenvalue weighted by molar-refractivity contribution is -0.144. The zero-order chi connectivity index (χ0) is 50.1. The van der Waals surface area contributed by atoms with Crippen LogP contribution in [0.2, 0.25) is 5.02 Å². The fraction of sp³-hybridized carbons (Fsp3) is 0.481. The van der Waals surface area contributed by atoms with Crippen molar-refractivity contribution in [2.45, 2.75) is 140 Å². The number of aliphatic hydroxyl groups is 1. The number of nitrogens with zero attached hydrogens (tertiary/aromatic N) is 3. The summed E-state index contributed by atoms with van der Waals surface area (Å²) in [5, 5.41) is 20.3. The molecule has 4 aromatic rings. The van der Waals surface area contributed by atoms with Crippen LogP contribution in [-0.2, 0) is 53.6 Å². The van der Waals surface area contributed by atoms with Crippen molar-refractivity contribution in [3.05, 3.63) is 99.1 Å². The Morgan fingerprint density at radius 1 is 0.986 bits per heavy atom. The molecule has 0 radical (unpaired) electrons. The number of hydrogen-bond donors (Lipinski definition) is 6. The van der Waals surface area contributed by atoms with Gasteiger partial charge in [-0.15, -0.1) is 23.7 Å². The Balaban J connectivity index is 0.00000741. The lowest BCUT2D eigenvalue weighted by Crippen LogP contribution is -2.58. The molecule has 380 valence electrons. The normalized spacial score (nSPS) is 20.7. The first kappa shape index (κ1) is 53.2. The molecular formula is C52H64Cl2N8O8S. The Morgan fingerprint density at radius 2 is 1.70 bits per heavy atom. The monoisotopic (exact) mass is 1030 g/mol. The number of amides is 6. The van der Waals surface area contributed by atoms with Crippen molar-refractivity contribution in [1.82, 2.24) is 25.8 Å². The molecule has 0 bridgehead atoms. The van der Waals surface area contributed by atoms with Crippen molar-refractivity contribution in [3.8, 4) is 16.2 Å². The van der Waals surface area contributed by atoms with Crippen LogP contribution in [0.4, 0.5) is 5.69 Å². The van der Waals surface area contributed by atoms with Crippen LogP contribution in [0.3, 0.4) is 0 Å². The number of para-hydroxylation sites is 1. The molecule has 3 aliphatic heterocycles. The van der Waals surface area contributed by atoms with Gasteiger partial charge in [-0.25, -0.2) is 4.98 Å². The van der Waals surface area contributed by atoms with Crippen molar-refractivity contribution in [1.29, 1.82) is 0 Å². The van der Waals surface area contributed by atoms with E-state index < -0.39 is 65.0 Å². The van der Waals surface area contributed by atoms with E-state index in [0.717, 1.165) is 51.4 Å². The maximum absolute atomic E-state index is 14.3. The first-order valence-electron chi connectivity index (χ1n) is 24.1. The number of thiazole rings is 1. The first-order chi connectivity index (χ1) is 33.3. The Hall–Kier alpha value is -5.59. The van der Waals surface area contributed by atoms with E-state index in [9.17, 15) is 33.9 Å². The molecule has 1 saturated heterocycles. The first-order valence-corrected chi connectivity index (χ1v) is 25.4. The van der Waals surface area contributed by atoms with E-state index in [0.29, 0.717) is 48.4 Å². The van der Waals surface area contributed by atoms with Crippen molar-refractivity contribution in [2.24, 2.45) is 16.9 Å². The van der Waals surface area contributed by atoms with Gasteiger partial charge in [-0.05, 0) is 91.2 Å². The van der Waals surface area contributed by atoms with Crippen LogP contribution in [0.25, 0.3) is 10.4 Å². The molecule has 6 amide bonds. The molecule has 8 N–H and O–H groups in total. The number of β-amino-alcohol motifs (C(OH)–C–C–N with tert-alkyl or cyclic N) is 1. The number of aliphatic hydroxyl groups excluding tert-OH is 1. The number of rotatable bonds is 18. The number of aromatic nitrogens is 1. The SMILES string of the molecule is Cc1ncsc1-c1ccc(C2(NC(=O)C3C[C@@H](O)CN3C(=O)[C@@H](NC(=O)CCCc3cccc(OC[C@H](CCC(N)=O)NC(=O)[C@@H]4Cc5cccc6c5N4C(=O)[C@@H](N)CC6)c3Cl)C(C)(C)C)CC2)cc1.Cl. The van der Waals surface area contributed by atoms with E-state index in [2.05, 4.69) is 20.9 Å². The van der Waals surface area contributed by atoms with Crippen LogP contribution in [0.15, 0.2) is 66.2 Å². The van der Waals surface area contributed by atoms with Crippen LogP contribution in [0, 0.1) is 12.3 Å². The third-order valence-electron chi connectivity index (χ3n) is 14.0. The second-order valence-electron chi connectivity index (χ2n) is 20.3. The van der Waals surface area contributed by atoms with E-state index in [1.165, 1.54) is 9.80 Å². The average molecular weight is 1030 g/mol. The van der Waals surface area contributed by atoms with E-state index >= 15 is 0 Å². The standard InChI is InChI=1S/C52H63ClN8O8S.ClH/c1-29-45(70-28-56-29)32-14-17-34(18-15-32)52(22-23-52)59-48(66)38-25-36(62)26-60(38)50(68)46(51(2,3)4)58-42(64)13-7-9-30-8-6-12-40(43(30)53)69-27-35(19-21-41(55)63)57-47(65)39-24-33-11-5-10-31-16-20-37(54)49(67)61(39)44(31)33;/h5-6,8,10-12,14-15,17-18,28,35-39,46,62H,7,9,13,16,19-27,54H2,1-4H3,(H2,55,63)(H,57,65)(H,58,64)(H,59,66);1H/t35-,36+,37-,38?,39-,46+;/m0./s1. The number of carbonyl (C=O) groups excluding carboxylic acids is 6. The minimum atomic E-state index is -0.981. The predicted octanol–water partition coefficient (Wildman–Crippen LogP) is 5.18. The summed E-state index contributed by atoms with van der Waals surface area (Å²) >= 11 is 8.45. The van der Waals surface area contributed by atoms with Crippen LogP contribution >= 0.6 is 35.3 Å². The lowest BCUT2D eigenvalue weighted by atomic mass is 9.85. The van der Waals surface area contributed by atoms with Crippen molar-refractivity contribution in [2.75, 3.05) is 18.1 Å². The van der Waals surface area contributed by atoms with Crippen LogP contribution in [-0.4, -0.2) is 99.9 Å². The van der Waals surface area contributed by atoms with Crippen molar-refractivity contribution in [3.63, 3.8) is 0 Å². The number of likely N-dealkylation sites (tertiary alicyclic amines) is 1. The van der Waals surface area contributed by atoms with Crippen LogP contribution in [0.1, 0.15) is 100 Å². The van der Waals surface area contributed by atoms with Gasteiger partial charge in [0.25, 0.3) is 0 Å². The van der Waals surface area contributed by atoms with Crippen molar-refractivity contribution >= 4 is 76.5 Å². The second kappa shape index (κ2) is 22.0. The van der Waals surface area contributed by atoms with Gasteiger partial charge in [-0.1, -0.05) is 87.0 Å². The number of primary amides is 1. The van der Waals surface area contributed by atoms with E-state index in [4.69, 9.17) is 27.8 Å². The average Bonchev–Trinajstić information content (AvgIpc) is 3.60. The quantitative estimate of drug-likeness (QED) is 0.0764. The molecule has 4 aliphatic rings. The molecule has 4 heterocycles. The predicted molar refractivity (Wildman–Crippen MR) is 274 cm³/mol.